The van der Waals surface area contributed by atoms with Crippen LogP contribution in [0.1, 0.15) is 125 Å². The highest BCUT2D eigenvalue weighted by Crippen LogP contribution is 2.59. The van der Waals surface area contributed by atoms with Crippen molar-refractivity contribution in [3.63, 3.8) is 0 Å². The first-order chi connectivity index (χ1) is 16.7. The number of hydrogen-bond acceptors (Lipinski definition) is 3. The number of alkyl halides is 3. The third-order valence-corrected chi connectivity index (χ3v) is 7.98. The first-order valence-electron chi connectivity index (χ1n) is 13.3. The van der Waals surface area contributed by atoms with Crippen molar-refractivity contribution in [3.05, 3.63) is 63.5 Å². The lowest BCUT2D eigenvalue weighted by atomic mass is 9.70. The van der Waals surface area contributed by atoms with E-state index < -0.39 is 23.4 Å². The molecule has 6 heteroatoms. The summed E-state index contributed by atoms with van der Waals surface area (Å²) in [5, 5.41) is 0. The Kier molecular flexibility index (Phi) is 6.11. The normalized spacial score (nSPS) is 24.7. The average molecular weight is 502 g/mol. The summed E-state index contributed by atoms with van der Waals surface area (Å²) in [6, 6.07) is 5.50. The summed E-state index contributed by atoms with van der Waals surface area (Å²) in [5.74, 6) is 0. The van der Waals surface area contributed by atoms with E-state index in [0.29, 0.717) is 0 Å². The average Bonchev–Trinajstić information content (AvgIpc) is 3.36. The second-order valence-electron chi connectivity index (χ2n) is 12.6. The van der Waals surface area contributed by atoms with Crippen LogP contribution < -0.4 is 0 Å². The van der Waals surface area contributed by atoms with Gasteiger partial charge in [0.25, 0.3) is 0 Å². The molecule has 0 amide bonds. The van der Waals surface area contributed by atoms with E-state index in [1.165, 1.54) is 23.3 Å². The molecule has 2 aliphatic carbocycles. The van der Waals surface area contributed by atoms with Crippen molar-refractivity contribution in [3.8, 4) is 0 Å². The van der Waals surface area contributed by atoms with Crippen LogP contribution in [0.2, 0.25) is 0 Å². The van der Waals surface area contributed by atoms with Crippen LogP contribution in [0.15, 0.2) is 24.3 Å². The van der Waals surface area contributed by atoms with Gasteiger partial charge in [0.05, 0.1) is 22.9 Å². The molecule has 2 heterocycles. The summed E-state index contributed by atoms with van der Waals surface area (Å²) >= 11 is 0. The minimum Gasteiger partial charge on any atom is -0.368 e. The first kappa shape index (κ1) is 25.7. The van der Waals surface area contributed by atoms with Crippen LogP contribution in [0.3, 0.4) is 0 Å². The number of hydrogen-bond donors (Lipinski definition) is 0. The van der Waals surface area contributed by atoms with Gasteiger partial charge in [-0.05, 0) is 81.5 Å². The van der Waals surface area contributed by atoms with Crippen molar-refractivity contribution in [1.82, 2.24) is 4.98 Å². The van der Waals surface area contributed by atoms with Crippen molar-refractivity contribution >= 4 is 0 Å². The van der Waals surface area contributed by atoms with Crippen molar-refractivity contribution in [2.45, 2.75) is 116 Å². The molecule has 5 rings (SSSR count). The number of fused-ring (bicyclic) bond motifs is 4. The van der Waals surface area contributed by atoms with Gasteiger partial charge >= 0.3 is 6.18 Å². The minimum atomic E-state index is -4.36. The Labute approximate surface area is 212 Å². The summed E-state index contributed by atoms with van der Waals surface area (Å²) in [5.41, 5.74) is 5.04. The largest absolute Gasteiger partial charge is 0.416 e. The van der Waals surface area contributed by atoms with Gasteiger partial charge < -0.3 is 9.47 Å². The molecule has 0 radical (unpaired) electrons. The van der Waals surface area contributed by atoms with Crippen molar-refractivity contribution in [2.24, 2.45) is 5.41 Å². The van der Waals surface area contributed by atoms with Gasteiger partial charge in [0.15, 0.2) is 0 Å². The van der Waals surface area contributed by atoms with Gasteiger partial charge in [-0.2, -0.15) is 13.2 Å². The molecule has 3 aliphatic rings. The van der Waals surface area contributed by atoms with Crippen molar-refractivity contribution in [2.75, 3.05) is 0 Å². The van der Waals surface area contributed by atoms with E-state index in [4.69, 9.17) is 14.5 Å². The van der Waals surface area contributed by atoms with E-state index in [2.05, 4.69) is 41.5 Å². The fourth-order valence-corrected chi connectivity index (χ4v) is 6.64. The zero-order valence-corrected chi connectivity index (χ0v) is 22.3. The quantitative estimate of drug-likeness (QED) is 0.423. The van der Waals surface area contributed by atoms with Crippen LogP contribution in [0, 0.1) is 5.41 Å². The fraction of sp³-hybridized carbons (Fsp3) is 0.633. The molecule has 1 aromatic carbocycles. The summed E-state index contributed by atoms with van der Waals surface area (Å²) in [4.78, 5) is 5.23. The smallest absolute Gasteiger partial charge is 0.368 e. The van der Waals surface area contributed by atoms with Crippen LogP contribution in [0.25, 0.3) is 0 Å². The monoisotopic (exact) mass is 501 g/mol. The third-order valence-electron chi connectivity index (χ3n) is 7.98. The Morgan fingerprint density at radius 2 is 1.67 bits per heavy atom. The molecule has 1 aromatic heterocycles. The Balaban J connectivity index is 1.72. The van der Waals surface area contributed by atoms with Crippen LogP contribution >= 0.6 is 0 Å². The summed E-state index contributed by atoms with van der Waals surface area (Å²) in [6.07, 6.45) is 1.65. The van der Waals surface area contributed by atoms with E-state index >= 15 is 0 Å². The molecule has 2 atom stereocenters. The Hall–Kier alpha value is -1.92. The van der Waals surface area contributed by atoms with E-state index in [1.54, 1.807) is 12.1 Å². The van der Waals surface area contributed by atoms with Gasteiger partial charge in [0, 0.05) is 22.5 Å². The molecular weight excluding hydrogens is 463 g/mol. The fourth-order valence-electron chi connectivity index (χ4n) is 6.64. The first-order valence-corrected chi connectivity index (χ1v) is 13.3. The zero-order valence-electron chi connectivity index (χ0n) is 22.3. The summed E-state index contributed by atoms with van der Waals surface area (Å²) in [6.45, 7) is 12.9. The van der Waals surface area contributed by atoms with Gasteiger partial charge in [0.1, 0.15) is 6.10 Å². The van der Waals surface area contributed by atoms with E-state index in [9.17, 15) is 13.2 Å². The topological polar surface area (TPSA) is 31.4 Å². The predicted octanol–water partition coefficient (Wildman–Crippen LogP) is 8.38. The molecule has 36 heavy (non-hydrogen) atoms. The predicted molar refractivity (Wildman–Crippen MR) is 134 cm³/mol. The molecule has 196 valence electrons. The maximum absolute atomic E-state index is 13.3. The lowest BCUT2D eigenvalue weighted by Gasteiger charge is -2.42. The van der Waals surface area contributed by atoms with E-state index in [-0.39, 0.29) is 17.1 Å². The van der Waals surface area contributed by atoms with Crippen LogP contribution in [-0.4, -0.2) is 10.6 Å². The van der Waals surface area contributed by atoms with Gasteiger partial charge in [0.2, 0.25) is 0 Å². The highest BCUT2D eigenvalue weighted by atomic mass is 19.4. The molecule has 0 N–H and O–H groups in total. The maximum atomic E-state index is 13.3. The number of ether oxygens (including phenoxy) is 2. The lowest BCUT2D eigenvalue weighted by molar-refractivity contribution is -0.137. The molecule has 1 spiro atoms. The third kappa shape index (κ3) is 4.49. The van der Waals surface area contributed by atoms with Crippen molar-refractivity contribution in [1.29, 1.82) is 0 Å². The molecule has 1 fully saturated rings. The molecule has 0 bridgehead atoms. The van der Waals surface area contributed by atoms with Crippen LogP contribution in [0.5, 0.6) is 0 Å². The van der Waals surface area contributed by atoms with Gasteiger partial charge in [-0.1, -0.05) is 45.7 Å². The molecule has 3 nitrogen and oxygen atoms in total. The molecule has 0 saturated heterocycles. The molecule has 2 aromatic rings. The number of benzene rings is 1. The second kappa shape index (κ2) is 8.56. The van der Waals surface area contributed by atoms with E-state index in [0.717, 1.165) is 67.5 Å². The molecule has 2 unspecified atom stereocenters. The Morgan fingerprint density at radius 1 is 1.03 bits per heavy atom. The molecular formula is C30H38F3NO2. The second-order valence-corrected chi connectivity index (χ2v) is 12.6. The van der Waals surface area contributed by atoms with Gasteiger partial charge in [-0.25, -0.2) is 0 Å². The number of aryl methyl sites for hydroxylation is 1. The minimum absolute atomic E-state index is 0.0598. The zero-order chi connectivity index (χ0) is 26.1. The highest BCUT2D eigenvalue weighted by molar-refractivity contribution is 5.54. The standard InChI is InChI=1S/C30H38F3NO2/c1-7-20-24-25(23-21(34-20)16-28(5,6)17-22(23)35-27(2,3)4)29(14-8-9-15-29)36-26(24)18-10-12-19(13-11-18)30(31,32)33/h10-13,22,26H,7-9,14-17H2,1-6H3. The lowest BCUT2D eigenvalue weighted by Crippen LogP contribution is -2.35. The van der Waals surface area contributed by atoms with Crippen molar-refractivity contribution < 1.29 is 22.6 Å². The SMILES string of the molecule is CCc1nc2c(c3c1C(c1ccc(C(F)(F)F)cc1)OC31CCCC1)C(OC(C)(C)C)CC(C)(C)C2. The Morgan fingerprint density at radius 3 is 2.22 bits per heavy atom. The summed E-state index contributed by atoms with van der Waals surface area (Å²) < 4.78 is 53.5. The number of pyridine rings is 1. The Bertz CT molecular complexity index is 1140. The summed E-state index contributed by atoms with van der Waals surface area (Å²) in [7, 11) is 0. The van der Waals surface area contributed by atoms with Gasteiger partial charge in [-0.3, -0.25) is 4.98 Å². The number of aromatic nitrogens is 1. The van der Waals surface area contributed by atoms with Crippen LogP contribution in [0.4, 0.5) is 13.2 Å². The highest BCUT2D eigenvalue weighted by Gasteiger charge is 2.53. The van der Waals surface area contributed by atoms with Gasteiger partial charge in [-0.15, -0.1) is 0 Å². The van der Waals surface area contributed by atoms with E-state index in [1.807, 2.05) is 0 Å². The van der Waals surface area contributed by atoms with Crippen LogP contribution in [-0.2, 0) is 34.1 Å². The molecule has 1 aliphatic heterocycles. The number of rotatable bonds is 3. The number of nitrogens with zero attached hydrogens (tertiary/aromatic N) is 1. The number of halogens is 3. The maximum Gasteiger partial charge on any atom is 0.416 e. The molecule has 1 saturated carbocycles.